The van der Waals surface area contributed by atoms with Gasteiger partial charge in [0.05, 0.1) is 34.1 Å². The number of likely N-dealkylation sites (tertiary alicyclic amines) is 2. The van der Waals surface area contributed by atoms with Crippen LogP contribution in [0.15, 0.2) is 142 Å². The number of alkyl halides is 6. The summed E-state index contributed by atoms with van der Waals surface area (Å²) in [5.41, 5.74) is 0.722. The molecular formula is C54H46F8I2N10O5S. The van der Waals surface area contributed by atoms with Crippen molar-refractivity contribution in [3.63, 3.8) is 0 Å². The smallest absolute Gasteiger partial charge is 0.367 e. The Morgan fingerprint density at radius 3 is 1.84 bits per heavy atom. The van der Waals surface area contributed by atoms with E-state index in [1.807, 2.05) is 34.6 Å². The molecule has 2 atom stereocenters. The van der Waals surface area contributed by atoms with Gasteiger partial charge in [0.25, 0.3) is 11.8 Å². The number of piperidine rings is 1. The monoisotopic (exact) mass is 1350 g/mol. The van der Waals surface area contributed by atoms with Crippen molar-refractivity contribution < 1.29 is 57.3 Å². The van der Waals surface area contributed by atoms with Gasteiger partial charge in [-0.1, -0.05) is 24.3 Å². The van der Waals surface area contributed by atoms with Crippen LogP contribution in [0.3, 0.4) is 0 Å². The van der Waals surface area contributed by atoms with Crippen molar-refractivity contribution in [3.8, 4) is 12.1 Å². The molecule has 418 valence electrons. The molecule has 26 heteroatoms. The Balaban J connectivity index is 0.000000165. The van der Waals surface area contributed by atoms with E-state index in [4.69, 9.17) is 5.26 Å². The van der Waals surface area contributed by atoms with Gasteiger partial charge >= 0.3 is 28.4 Å². The molecule has 80 heavy (non-hydrogen) atoms. The van der Waals surface area contributed by atoms with Gasteiger partial charge in [-0.15, -0.1) is 5.10 Å². The number of halogens is 10. The maximum absolute atomic E-state index is 14.3. The van der Waals surface area contributed by atoms with Crippen LogP contribution >= 0.6 is 45.2 Å². The number of fused-ring (bicyclic) bond motifs is 1. The van der Waals surface area contributed by atoms with Crippen LogP contribution in [-0.4, -0.2) is 98.9 Å². The van der Waals surface area contributed by atoms with Gasteiger partial charge in [-0.2, -0.15) is 50.4 Å². The maximum atomic E-state index is 14.3. The van der Waals surface area contributed by atoms with Gasteiger partial charge in [-0.25, -0.2) is 13.8 Å². The molecule has 0 aromatic heterocycles. The lowest BCUT2D eigenvalue weighted by atomic mass is 9.79. The Labute approximate surface area is 482 Å². The van der Waals surface area contributed by atoms with Gasteiger partial charge in [0.2, 0.25) is 5.66 Å². The van der Waals surface area contributed by atoms with E-state index in [0.29, 0.717) is 18.8 Å². The number of amides is 2. The lowest BCUT2D eigenvalue weighted by Crippen LogP contribution is -2.72. The number of nitrogens with zero attached hydrogens (tertiary/aromatic N) is 9. The first-order valence-corrected chi connectivity index (χ1v) is 28.2. The predicted octanol–water partition coefficient (Wildman–Crippen LogP) is 11.3. The molecule has 5 aromatic carbocycles. The van der Waals surface area contributed by atoms with Crippen LogP contribution in [0.5, 0.6) is 0 Å². The van der Waals surface area contributed by atoms with Crippen molar-refractivity contribution in [1.82, 2.24) is 9.80 Å². The Morgan fingerprint density at radius 2 is 1.26 bits per heavy atom. The largest absolute Gasteiger partial charge is 0.471 e. The normalized spacial score (nSPS) is 19.6. The summed E-state index contributed by atoms with van der Waals surface area (Å²) in [6, 6.07) is 31.0. The van der Waals surface area contributed by atoms with Crippen molar-refractivity contribution in [2.24, 2.45) is 16.1 Å². The molecule has 15 nitrogen and oxygen atoms in total. The lowest BCUT2D eigenvalue weighted by Gasteiger charge is -2.51. The SMILES string of the molecule is N#Cc1cc(N/N=C(\OS(=O)(=O)c2ccccc2)C(F)(F)F)ccc1F.N#Cc1cc(N2N=C(C(F)(F)F)[C@@H]3CCN(c4ccc(I)cc4)C(=O)[C@@]32N2CCCC2)ccc1F.O=C1C(N2CCCC2)=CCCN1c1ccc(I)cc1. The summed E-state index contributed by atoms with van der Waals surface area (Å²) in [7, 11) is -4.77. The van der Waals surface area contributed by atoms with Crippen LogP contribution in [-0.2, 0) is 23.9 Å². The molecule has 3 saturated heterocycles. The summed E-state index contributed by atoms with van der Waals surface area (Å²) in [6.07, 6.45) is -3.01. The van der Waals surface area contributed by atoms with E-state index in [2.05, 4.69) is 82.7 Å². The number of benzene rings is 5. The first-order chi connectivity index (χ1) is 38.1. The Morgan fingerprint density at radius 1 is 0.713 bits per heavy atom. The van der Waals surface area contributed by atoms with E-state index in [0.717, 1.165) is 101 Å². The summed E-state index contributed by atoms with van der Waals surface area (Å²) in [5, 5.41) is 26.0. The first kappa shape index (κ1) is 59.2. The van der Waals surface area contributed by atoms with Crippen LogP contribution in [0, 0.1) is 47.4 Å². The number of nitriles is 2. The molecule has 0 unspecified atom stereocenters. The zero-order valence-electron chi connectivity index (χ0n) is 41.9. The maximum Gasteiger partial charge on any atom is 0.471 e. The molecule has 0 spiro atoms. The molecule has 5 aliphatic rings. The third kappa shape index (κ3) is 13.0. The molecule has 0 saturated carbocycles. The molecule has 10 rings (SSSR count). The average molecular weight is 1350 g/mol. The third-order valence-corrected chi connectivity index (χ3v) is 16.1. The van der Waals surface area contributed by atoms with Crippen molar-refractivity contribution >= 4 is 101 Å². The number of hydrazone groups is 2. The summed E-state index contributed by atoms with van der Waals surface area (Å²) in [6.45, 7) is 3.79. The van der Waals surface area contributed by atoms with Crippen molar-refractivity contribution in [3.05, 3.63) is 157 Å². The van der Waals surface area contributed by atoms with E-state index in [1.54, 1.807) is 23.1 Å². The third-order valence-electron chi connectivity index (χ3n) is 13.5. The van der Waals surface area contributed by atoms with E-state index in [1.165, 1.54) is 51.6 Å². The van der Waals surface area contributed by atoms with Crippen LogP contribution in [0.25, 0.3) is 0 Å². The van der Waals surface area contributed by atoms with Gasteiger partial charge in [0.15, 0.2) is 0 Å². The van der Waals surface area contributed by atoms with Crippen molar-refractivity contribution in [2.75, 3.05) is 59.5 Å². The standard InChI is InChI=1S/C24H20F4IN5O.C15H9F4N3O3S.C15H17IN2O/c25-20-8-7-18(13-15(20)14-30)34-23(32-10-1-2-11-32)19(21(31-34)24(26,27)28)9-12-33(22(23)35)17-5-3-16(29)4-6-17;16-13-7-6-11(8-10(13)9-20)21-22-14(15(17,18)19)25-26(23,24)12-4-2-1-3-5-12;16-12-5-7-13(8-6-12)18-11-3-4-14(15(18)19)17-9-1-2-10-17/h3-8,13,19H,1-2,9-12H2;1-8,21H;4-8H,1-3,9-11H2/b;22-14-;/t19-,23+;;/m0../s1. The lowest BCUT2D eigenvalue weighted by molar-refractivity contribution is -0.134. The number of carbonyl (C=O) groups excluding carboxylic acids is 2. The van der Waals surface area contributed by atoms with Crippen LogP contribution in [0.4, 0.5) is 57.9 Å². The van der Waals surface area contributed by atoms with Gasteiger partial charge in [-0.3, -0.25) is 19.9 Å². The molecule has 0 bridgehead atoms. The fourth-order valence-electron chi connectivity index (χ4n) is 9.79. The van der Waals surface area contributed by atoms with E-state index in [-0.39, 0.29) is 35.8 Å². The average Bonchev–Trinajstić information content (AvgIpc) is 4.35. The molecule has 0 radical (unpaired) electrons. The summed E-state index contributed by atoms with van der Waals surface area (Å²) in [5.74, 6) is -5.33. The van der Waals surface area contributed by atoms with Crippen molar-refractivity contribution in [2.45, 2.75) is 61.4 Å². The fraction of sp³-hybridized carbons (Fsp3) is 0.296. The highest BCUT2D eigenvalue weighted by molar-refractivity contribution is 14.1. The Hall–Kier alpha value is -6.89. The number of hydrogen-bond donors (Lipinski definition) is 1. The molecular weight excluding hydrogens is 1310 g/mol. The Bertz CT molecular complexity index is 3400. The molecule has 1 N–H and O–H groups in total. The molecule has 5 aromatic rings. The molecule has 3 fully saturated rings. The van der Waals surface area contributed by atoms with Crippen molar-refractivity contribution in [1.29, 1.82) is 10.5 Å². The number of carbonyl (C=O) groups is 2. The Kier molecular flexibility index (Phi) is 18.4. The highest BCUT2D eigenvalue weighted by atomic mass is 127. The molecule has 0 aliphatic carbocycles. The zero-order valence-corrected chi connectivity index (χ0v) is 47.0. The number of rotatable bonds is 9. The van der Waals surface area contributed by atoms with E-state index < -0.39 is 73.7 Å². The number of hydrogen-bond acceptors (Lipinski definition) is 13. The van der Waals surface area contributed by atoms with Crippen LogP contribution in [0.1, 0.15) is 49.7 Å². The van der Waals surface area contributed by atoms with Crippen LogP contribution < -0.4 is 20.2 Å². The van der Waals surface area contributed by atoms with Gasteiger partial charge in [0, 0.05) is 57.8 Å². The summed E-state index contributed by atoms with van der Waals surface area (Å²) < 4.78 is 139. The molecule has 5 heterocycles. The van der Waals surface area contributed by atoms with Crippen LogP contribution in [0.2, 0.25) is 0 Å². The second-order valence-corrected chi connectivity index (χ2v) is 22.5. The fourth-order valence-corrected chi connectivity index (χ4v) is 11.4. The quantitative estimate of drug-likeness (QED) is 0.0371. The predicted molar refractivity (Wildman–Crippen MR) is 298 cm³/mol. The highest BCUT2D eigenvalue weighted by Crippen LogP contribution is 2.50. The zero-order chi connectivity index (χ0) is 57.6. The van der Waals surface area contributed by atoms with Gasteiger partial charge in [0.1, 0.15) is 34.4 Å². The number of anilines is 4. The van der Waals surface area contributed by atoms with Gasteiger partial charge < -0.3 is 18.9 Å². The summed E-state index contributed by atoms with van der Waals surface area (Å²) >= 11 is 4.43. The second-order valence-electron chi connectivity index (χ2n) is 18.5. The number of nitrogens with one attached hydrogen (secondary N) is 1. The first-order valence-electron chi connectivity index (χ1n) is 24.7. The molecule has 5 aliphatic heterocycles. The van der Waals surface area contributed by atoms with E-state index >= 15 is 0 Å². The second kappa shape index (κ2) is 24.9. The summed E-state index contributed by atoms with van der Waals surface area (Å²) in [4.78, 5) is 33.9. The highest BCUT2D eigenvalue weighted by Gasteiger charge is 2.68. The molecule has 2 amide bonds. The minimum atomic E-state index is -5.23. The van der Waals surface area contributed by atoms with E-state index in [9.17, 15) is 58.4 Å². The topological polar surface area (TPSA) is 178 Å². The minimum absolute atomic E-state index is 0.0510. The minimum Gasteiger partial charge on any atom is -0.367 e. The van der Waals surface area contributed by atoms with Gasteiger partial charge in [-0.05, 0) is 181 Å².